The van der Waals surface area contributed by atoms with Gasteiger partial charge in [0.1, 0.15) is 11.6 Å². The van der Waals surface area contributed by atoms with Crippen LogP contribution in [0.3, 0.4) is 0 Å². The summed E-state index contributed by atoms with van der Waals surface area (Å²) in [5.74, 6) is -0.726. The van der Waals surface area contributed by atoms with Crippen molar-refractivity contribution in [3.05, 3.63) is 53.9 Å². The van der Waals surface area contributed by atoms with Crippen LogP contribution in [-0.2, 0) is 13.6 Å². The maximum atomic E-state index is 13.4. The van der Waals surface area contributed by atoms with Gasteiger partial charge in [0, 0.05) is 54.5 Å². The number of piperidine rings is 1. The molecule has 1 saturated heterocycles. The molecule has 9 nitrogen and oxygen atoms in total. The van der Waals surface area contributed by atoms with Gasteiger partial charge in [-0.2, -0.15) is 5.10 Å². The molecule has 1 atom stereocenters. The van der Waals surface area contributed by atoms with Crippen molar-refractivity contribution in [2.24, 2.45) is 18.7 Å². The number of carbonyl (C=O) groups is 1. The minimum Gasteiger partial charge on any atom is -0.405 e. The number of hydrogen-bond donors (Lipinski definition) is 2. The summed E-state index contributed by atoms with van der Waals surface area (Å²) in [5.41, 5.74) is 8.44. The first-order chi connectivity index (χ1) is 20.5. The third kappa shape index (κ3) is 6.11. The van der Waals surface area contributed by atoms with Crippen molar-refractivity contribution in [2.45, 2.75) is 50.6 Å². The average molecular weight is 615 g/mol. The minimum atomic E-state index is -4.98. The Bertz CT molecular complexity index is 1660. The van der Waals surface area contributed by atoms with E-state index in [1.807, 2.05) is 29.0 Å². The van der Waals surface area contributed by atoms with Crippen molar-refractivity contribution in [3.63, 3.8) is 0 Å². The zero-order valence-corrected chi connectivity index (χ0v) is 24.7. The van der Waals surface area contributed by atoms with Gasteiger partial charge in [0.2, 0.25) is 5.91 Å². The molecule has 0 radical (unpaired) electrons. The lowest BCUT2D eigenvalue weighted by Crippen LogP contribution is -2.36. The number of hydrogen-bond acceptors (Lipinski definition) is 7. The van der Waals surface area contributed by atoms with E-state index in [2.05, 4.69) is 15.3 Å². The van der Waals surface area contributed by atoms with Gasteiger partial charge >= 0.3 is 6.36 Å². The van der Waals surface area contributed by atoms with Gasteiger partial charge in [-0.15, -0.1) is 13.2 Å². The summed E-state index contributed by atoms with van der Waals surface area (Å²) in [6.07, 6.45) is 2.21. The molecule has 2 aromatic heterocycles. The predicted octanol–water partition coefficient (Wildman–Crippen LogP) is 5.33. The zero-order chi connectivity index (χ0) is 30.5. The number of amides is 1. The zero-order valence-electron chi connectivity index (χ0n) is 23.8. The first-order valence-corrected chi connectivity index (χ1v) is 15.4. The largest absolute Gasteiger partial charge is 0.573 e. The number of aliphatic hydroxyl groups is 1. The highest BCUT2D eigenvalue weighted by molar-refractivity contribution is 7.96. The molecular weight excluding hydrogens is 581 g/mol. The molecule has 0 bridgehead atoms. The number of rotatable bonds is 9. The van der Waals surface area contributed by atoms with Crippen molar-refractivity contribution in [1.29, 1.82) is 0 Å². The lowest BCUT2D eigenvalue weighted by Gasteiger charge is -2.32. The Hall–Kier alpha value is -3.55. The van der Waals surface area contributed by atoms with Crippen molar-refractivity contribution >= 4 is 28.8 Å². The molecule has 2 fully saturated rings. The van der Waals surface area contributed by atoms with Crippen LogP contribution in [0.4, 0.5) is 13.2 Å². The molecule has 2 aromatic carbocycles. The molecule has 3 N–H and O–H groups in total. The van der Waals surface area contributed by atoms with Crippen LogP contribution in [0.1, 0.15) is 47.7 Å². The van der Waals surface area contributed by atoms with Crippen LogP contribution in [0.15, 0.2) is 42.6 Å². The molecule has 1 aliphatic heterocycles. The summed E-state index contributed by atoms with van der Waals surface area (Å²) < 4.78 is 50.4. The molecule has 3 heterocycles. The van der Waals surface area contributed by atoms with E-state index in [0.717, 1.165) is 67.0 Å². The Kier molecular flexibility index (Phi) is 7.90. The van der Waals surface area contributed by atoms with E-state index in [0.29, 0.717) is 12.2 Å². The second kappa shape index (κ2) is 11.5. The number of carbonyl (C=O) groups excluding carboxylic acids is 1. The van der Waals surface area contributed by atoms with Gasteiger partial charge in [0.25, 0.3) is 0 Å². The number of ether oxygens (including phenoxy) is 1. The lowest BCUT2D eigenvalue weighted by molar-refractivity contribution is -0.274. The maximum absolute atomic E-state index is 13.4. The van der Waals surface area contributed by atoms with Crippen LogP contribution in [0.25, 0.3) is 33.5 Å². The number of halogens is 3. The van der Waals surface area contributed by atoms with Crippen molar-refractivity contribution in [2.75, 3.05) is 19.3 Å². The number of fused-ring (bicyclic) bond motifs is 1. The standard InChI is InChI=1S/C30H33F3N6O3S/c1-37-27(18-6-7-18)26(35-29(37)21-9-8-19(28(34)41)14-25(21)42-30(31,32)33)20-4-3-5-23-22(20)15-38(36-23)16-24(40)17-10-12-39(43-2)13-11-17/h3-5,8-9,14-15,17-18,24,40H,6-7,10-13,16H2,1-2H3,(H2,34,41). The van der Waals surface area contributed by atoms with E-state index < -0.39 is 24.1 Å². The molecule has 1 unspecified atom stereocenters. The minimum absolute atomic E-state index is 0.0940. The monoisotopic (exact) mass is 614 g/mol. The number of benzene rings is 2. The number of aliphatic hydroxyl groups excluding tert-OH is 1. The Labute approximate surface area is 250 Å². The fraction of sp³-hybridized carbons (Fsp3) is 0.433. The number of nitrogens with zero attached hydrogens (tertiary/aromatic N) is 5. The first-order valence-electron chi connectivity index (χ1n) is 14.2. The number of imidazole rings is 1. The fourth-order valence-electron chi connectivity index (χ4n) is 6.02. The lowest BCUT2D eigenvalue weighted by atomic mass is 9.92. The Balaban J connectivity index is 1.38. The van der Waals surface area contributed by atoms with Crippen molar-refractivity contribution < 1.29 is 27.8 Å². The van der Waals surface area contributed by atoms with Crippen molar-refractivity contribution in [3.8, 4) is 28.4 Å². The summed E-state index contributed by atoms with van der Waals surface area (Å²) in [5, 5.41) is 16.6. The highest BCUT2D eigenvalue weighted by atomic mass is 32.2. The van der Waals surface area contributed by atoms with Crippen LogP contribution < -0.4 is 10.5 Å². The summed E-state index contributed by atoms with van der Waals surface area (Å²) >= 11 is 1.73. The van der Waals surface area contributed by atoms with Gasteiger partial charge in [0.15, 0.2) is 0 Å². The quantitative estimate of drug-likeness (QED) is 0.245. The predicted molar refractivity (Wildman–Crippen MR) is 158 cm³/mol. The summed E-state index contributed by atoms with van der Waals surface area (Å²) in [7, 11) is 1.78. The summed E-state index contributed by atoms with van der Waals surface area (Å²) in [4.78, 5) is 16.6. The molecule has 2 aliphatic rings. The second-order valence-corrected chi connectivity index (χ2v) is 12.1. The molecular formula is C30H33F3N6O3S. The Morgan fingerprint density at radius 2 is 1.91 bits per heavy atom. The second-order valence-electron chi connectivity index (χ2n) is 11.2. The van der Waals surface area contributed by atoms with E-state index in [-0.39, 0.29) is 28.8 Å². The summed E-state index contributed by atoms with van der Waals surface area (Å²) in [6, 6.07) is 9.47. The molecule has 13 heteroatoms. The van der Waals surface area contributed by atoms with E-state index in [1.54, 1.807) is 23.7 Å². The third-order valence-electron chi connectivity index (χ3n) is 8.36. The van der Waals surface area contributed by atoms with Gasteiger partial charge in [0.05, 0.1) is 29.4 Å². The van der Waals surface area contributed by atoms with Gasteiger partial charge < -0.3 is 20.1 Å². The normalized spacial score (nSPS) is 17.4. The highest BCUT2D eigenvalue weighted by Crippen LogP contribution is 2.47. The van der Waals surface area contributed by atoms with Gasteiger partial charge in [-0.25, -0.2) is 4.98 Å². The van der Waals surface area contributed by atoms with E-state index in [4.69, 9.17) is 15.8 Å². The summed E-state index contributed by atoms with van der Waals surface area (Å²) in [6.45, 7) is 2.26. The molecule has 1 saturated carbocycles. The smallest absolute Gasteiger partial charge is 0.405 e. The van der Waals surface area contributed by atoms with Crippen LogP contribution in [-0.4, -0.2) is 66.5 Å². The van der Waals surface area contributed by atoms with Gasteiger partial charge in [-0.1, -0.05) is 24.1 Å². The van der Waals surface area contributed by atoms with E-state index in [1.165, 1.54) is 12.1 Å². The Morgan fingerprint density at radius 1 is 1.16 bits per heavy atom. The van der Waals surface area contributed by atoms with Crippen molar-refractivity contribution in [1.82, 2.24) is 23.6 Å². The molecule has 6 rings (SSSR count). The van der Waals surface area contributed by atoms with Crippen LogP contribution >= 0.6 is 11.9 Å². The number of nitrogens with two attached hydrogens (primary N) is 1. The van der Waals surface area contributed by atoms with Crippen LogP contribution in [0.2, 0.25) is 0 Å². The molecule has 4 aromatic rings. The number of alkyl halides is 3. The average Bonchev–Trinajstić information content (AvgIpc) is 3.63. The van der Waals surface area contributed by atoms with E-state index >= 15 is 0 Å². The molecule has 43 heavy (non-hydrogen) atoms. The van der Waals surface area contributed by atoms with Gasteiger partial charge in [-0.05, 0) is 62.1 Å². The first kappa shape index (κ1) is 29.5. The topological polar surface area (TPSA) is 111 Å². The van der Waals surface area contributed by atoms with Crippen LogP contribution in [0, 0.1) is 5.92 Å². The fourth-order valence-corrected chi connectivity index (χ4v) is 6.60. The third-order valence-corrected chi connectivity index (χ3v) is 9.25. The Morgan fingerprint density at radius 3 is 2.56 bits per heavy atom. The number of primary amides is 1. The SMILES string of the molecule is CSN1CCC(C(O)Cn2cc3c(-c4nc(-c5ccc(C(N)=O)cc5OC(F)(F)F)n(C)c4C4CC4)cccc3n2)CC1. The molecule has 228 valence electrons. The highest BCUT2D eigenvalue weighted by Gasteiger charge is 2.36. The van der Waals surface area contributed by atoms with Crippen LogP contribution in [0.5, 0.6) is 5.75 Å². The maximum Gasteiger partial charge on any atom is 0.573 e. The molecule has 1 aliphatic carbocycles. The van der Waals surface area contributed by atoms with E-state index in [9.17, 15) is 23.1 Å². The van der Waals surface area contributed by atoms with Gasteiger partial charge in [-0.3, -0.25) is 13.8 Å². The molecule has 0 spiro atoms. The molecule has 1 amide bonds. The number of aromatic nitrogens is 4.